The van der Waals surface area contributed by atoms with Crippen LogP contribution in [0.25, 0.3) is 0 Å². The second-order valence-electron chi connectivity index (χ2n) is 4.76. The summed E-state index contributed by atoms with van der Waals surface area (Å²) < 4.78 is 26.2. The molecule has 102 valence electrons. The number of hydrogen-bond donors (Lipinski definition) is 0. The van der Waals surface area contributed by atoms with Gasteiger partial charge in [0.1, 0.15) is 11.6 Å². The summed E-state index contributed by atoms with van der Waals surface area (Å²) >= 11 is 0. The van der Waals surface area contributed by atoms with Gasteiger partial charge in [0, 0.05) is 19.2 Å². The van der Waals surface area contributed by atoms with Gasteiger partial charge in [-0.15, -0.1) is 0 Å². The molecule has 2 aromatic carbocycles. The van der Waals surface area contributed by atoms with Gasteiger partial charge in [0.15, 0.2) is 0 Å². The lowest BCUT2D eigenvalue weighted by atomic mass is 10.1. The topological polar surface area (TPSA) is 27.0 Å². The number of nitriles is 1. The van der Waals surface area contributed by atoms with Crippen LogP contribution in [0, 0.1) is 23.0 Å². The Labute approximate surface area is 116 Å². The van der Waals surface area contributed by atoms with Crippen molar-refractivity contribution in [2.45, 2.75) is 13.1 Å². The predicted molar refractivity (Wildman–Crippen MR) is 72.7 cm³/mol. The van der Waals surface area contributed by atoms with Crippen molar-refractivity contribution in [2.24, 2.45) is 0 Å². The van der Waals surface area contributed by atoms with Crippen molar-refractivity contribution in [3.05, 3.63) is 70.8 Å². The van der Waals surface area contributed by atoms with E-state index in [9.17, 15) is 8.78 Å². The van der Waals surface area contributed by atoms with Gasteiger partial charge in [0.2, 0.25) is 0 Å². The third-order valence-electron chi connectivity index (χ3n) is 2.88. The molecule has 0 unspecified atom stereocenters. The highest BCUT2D eigenvalue weighted by Crippen LogP contribution is 2.12. The van der Waals surface area contributed by atoms with Crippen LogP contribution in [0.5, 0.6) is 0 Å². The van der Waals surface area contributed by atoms with Gasteiger partial charge < -0.3 is 0 Å². The Morgan fingerprint density at radius 2 is 1.65 bits per heavy atom. The number of halogens is 2. The minimum atomic E-state index is -0.570. The fourth-order valence-electron chi connectivity index (χ4n) is 2.12. The van der Waals surface area contributed by atoms with E-state index in [4.69, 9.17) is 5.26 Å². The Hall–Kier alpha value is -2.25. The lowest BCUT2D eigenvalue weighted by Crippen LogP contribution is -2.17. The summed E-state index contributed by atoms with van der Waals surface area (Å²) in [7, 11) is 1.86. The molecular formula is C16H14F2N2. The van der Waals surface area contributed by atoms with Crippen molar-refractivity contribution < 1.29 is 8.78 Å². The Bertz CT molecular complexity index is 627. The van der Waals surface area contributed by atoms with E-state index in [0.717, 1.165) is 11.6 Å². The van der Waals surface area contributed by atoms with Crippen LogP contribution in [-0.2, 0) is 13.1 Å². The summed E-state index contributed by atoms with van der Waals surface area (Å²) in [4.78, 5) is 1.94. The van der Waals surface area contributed by atoms with Crippen molar-refractivity contribution in [1.82, 2.24) is 4.90 Å². The standard InChI is InChI=1S/C16H14F2N2/c1-20(10-13-4-2-3-12(5-13)9-19)11-14-6-15(17)8-16(18)7-14/h2-8H,10-11H2,1H3. The van der Waals surface area contributed by atoms with Crippen LogP contribution in [0.2, 0.25) is 0 Å². The molecule has 2 aromatic rings. The van der Waals surface area contributed by atoms with Crippen molar-refractivity contribution in [3.8, 4) is 6.07 Å². The molecule has 0 aliphatic heterocycles. The van der Waals surface area contributed by atoms with Crippen molar-refractivity contribution in [1.29, 1.82) is 5.26 Å². The van der Waals surface area contributed by atoms with Gasteiger partial charge >= 0.3 is 0 Å². The zero-order valence-electron chi connectivity index (χ0n) is 11.1. The second-order valence-corrected chi connectivity index (χ2v) is 4.76. The largest absolute Gasteiger partial charge is 0.298 e. The molecule has 0 fully saturated rings. The first-order valence-corrected chi connectivity index (χ1v) is 6.19. The second kappa shape index (κ2) is 6.27. The molecule has 0 saturated heterocycles. The fraction of sp³-hybridized carbons (Fsp3) is 0.188. The molecule has 0 aliphatic carbocycles. The Balaban J connectivity index is 2.05. The van der Waals surface area contributed by atoms with Gasteiger partial charge in [-0.1, -0.05) is 12.1 Å². The molecule has 0 amide bonds. The van der Waals surface area contributed by atoms with E-state index in [-0.39, 0.29) is 0 Å². The highest BCUT2D eigenvalue weighted by atomic mass is 19.1. The van der Waals surface area contributed by atoms with Gasteiger partial charge in [-0.25, -0.2) is 8.78 Å². The van der Waals surface area contributed by atoms with E-state index in [1.165, 1.54) is 12.1 Å². The highest BCUT2D eigenvalue weighted by Gasteiger charge is 2.05. The molecule has 0 bridgehead atoms. The maximum absolute atomic E-state index is 13.1. The third-order valence-corrected chi connectivity index (χ3v) is 2.88. The van der Waals surface area contributed by atoms with Crippen LogP contribution in [0.4, 0.5) is 8.78 Å². The van der Waals surface area contributed by atoms with Crippen LogP contribution < -0.4 is 0 Å². The van der Waals surface area contributed by atoms with E-state index in [2.05, 4.69) is 6.07 Å². The molecule has 4 heteroatoms. The van der Waals surface area contributed by atoms with Crippen LogP contribution in [-0.4, -0.2) is 11.9 Å². The lowest BCUT2D eigenvalue weighted by molar-refractivity contribution is 0.318. The van der Waals surface area contributed by atoms with Gasteiger partial charge in [-0.05, 0) is 42.4 Å². The minimum Gasteiger partial charge on any atom is -0.298 e. The van der Waals surface area contributed by atoms with Gasteiger partial charge in [-0.2, -0.15) is 5.26 Å². The van der Waals surface area contributed by atoms with E-state index in [1.807, 2.05) is 30.1 Å². The molecule has 2 nitrogen and oxygen atoms in total. The van der Waals surface area contributed by atoms with Crippen LogP contribution in [0.15, 0.2) is 42.5 Å². The van der Waals surface area contributed by atoms with E-state index in [0.29, 0.717) is 24.2 Å². The van der Waals surface area contributed by atoms with Crippen LogP contribution in [0.1, 0.15) is 16.7 Å². The normalized spacial score (nSPS) is 10.6. The van der Waals surface area contributed by atoms with E-state index in [1.54, 1.807) is 6.07 Å². The predicted octanol–water partition coefficient (Wildman–Crippen LogP) is 3.47. The van der Waals surface area contributed by atoms with Crippen molar-refractivity contribution in [2.75, 3.05) is 7.05 Å². The molecule has 20 heavy (non-hydrogen) atoms. The lowest BCUT2D eigenvalue weighted by Gasteiger charge is -2.17. The summed E-state index contributed by atoms with van der Waals surface area (Å²) in [6, 6.07) is 12.9. The minimum absolute atomic E-state index is 0.436. The smallest absolute Gasteiger partial charge is 0.126 e. The average molecular weight is 272 g/mol. The maximum Gasteiger partial charge on any atom is 0.126 e. The first kappa shape index (κ1) is 14.2. The van der Waals surface area contributed by atoms with Crippen molar-refractivity contribution in [3.63, 3.8) is 0 Å². The van der Waals surface area contributed by atoms with Crippen LogP contribution >= 0.6 is 0 Å². The molecule has 0 aromatic heterocycles. The highest BCUT2D eigenvalue weighted by molar-refractivity contribution is 5.32. The fourth-order valence-corrected chi connectivity index (χ4v) is 2.12. The summed E-state index contributed by atoms with van der Waals surface area (Å²) in [6.45, 7) is 1.04. The summed E-state index contributed by atoms with van der Waals surface area (Å²) in [5.74, 6) is -1.14. The number of nitrogens with zero attached hydrogens (tertiary/aromatic N) is 2. The molecule has 0 aliphatic rings. The van der Waals surface area contributed by atoms with Crippen LogP contribution in [0.3, 0.4) is 0 Å². The third kappa shape index (κ3) is 3.87. The van der Waals surface area contributed by atoms with Gasteiger partial charge in [-0.3, -0.25) is 4.90 Å². The molecule has 0 N–H and O–H groups in total. The molecule has 0 radical (unpaired) electrons. The quantitative estimate of drug-likeness (QED) is 0.852. The molecule has 0 atom stereocenters. The van der Waals surface area contributed by atoms with Gasteiger partial charge in [0.05, 0.1) is 11.6 Å². The summed E-state index contributed by atoms with van der Waals surface area (Å²) in [6.07, 6.45) is 0. The molecule has 0 spiro atoms. The Kier molecular flexibility index (Phi) is 4.44. The zero-order valence-corrected chi connectivity index (χ0v) is 11.1. The van der Waals surface area contributed by atoms with Gasteiger partial charge in [0.25, 0.3) is 0 Å². The SMILES string of the molecule is CN(Cc1cc(F)cc(F)c1)Cc1cccc(C#N)c1. The zero-order chi connectivity index (χ0) is 14.5. The van der Waals surface area contributed by atoms with E-state index < -0.39 is 11.6 Å². The van der Waals surface area contributed by atoms with Crippen molar-refractivity contribution >= 4 is 0 Å². The molecule has 0 heterocycles. The number of hydrogen-bond acceptors (Lipinski definition) is 2. The average Bonchev–Trinajstić information content (AvgIpc) is 2.37. The molecule has 2 rings (SSSR count). The summed E-state index contributed by atoms with van der Waals surface area (Å²) in [5, 5.41) is 8.85. The maximum atomic E-state index is 13.1. The Morgan fingerprint density at radius 1 is 1.00 bits per heavy atom. The van der Waals surface area contributed by atoms with E-state index >= 15 is 0 Å². The summed E-state index contributed by atoms with van der Waals surface area (Å²) in [5.41, 5.74) is 2.18. The molecular weight excluding hydrogens is 258 g/mol. The number of rotatable bonds is 4. The number of benzene rings is 2. The monoisotopic (exact) mass is 272 g/mol. The molecule has 0 saturated carbocycles. The first-order chi connectivity index (χ1) is 9.56. The Morgan fingerprint density at radius 3 is 2.30 bits per heavy atom. The first-order valence-electron chi connectivity index (χ1n) is 6.19.